The lowest BCUT2D eigenvalue weighted by Crippen LogP contribution is -2.35. The largest absolute Gasteiger partial charge is 0.264 e. The maximum atomic E-state index is 11.8. The van der Waals surface area contributed by atoms with Gasteiger partial charge in [-0.3, -0.25) is 4.98 Å². The van der Waals surface area contributed by atoms with Crippen LogP contribution in [0.15, 0.2) is 24.5 Å². The predicted molar refractivity (Wildman–Crippen MR) is 62.5 cm³/mol. The fraction of sp³-hybridized carbons (Fsp3) is 0.545. The molecule has 1 fully saturated rings. The first-order chi connectivity index (χ1) is 7.54. The third kappa shape index (κ3) is 2.41. The summed E-state index contributed by atoms with van der Waals surface area (Å²) < 4.78 is 25.7. The van der Waals surface area contributed by atoms with Crippen LogP contribution >= 0.6 is 0 Å². The molecule has 0 unspecified atom stereocenters. The zero-order valence-corrected chi connectivity index (χ0v) is 10.1. The van der Waals surface area contributed by atoms with E-state index in [9.17, 15) is 8.42 Å². The van der Waals surface area contributed by atoms with Crippen LogP contribution in [0, 0.1) is 0 Å². The highest BCUT2D eigenvalue weighted by molar-refractivity contribution is 7.91. The highest BCUT2D eigenvalue weighted by Gasteiger charge is 2.49. The normalized spacial score (nSPS) is 18.3. The summed E-state index contributed by atoms with van der Waals surface area (Å²) in [4.78, 5) is 3.98. The summed E-state index contributed by atoms with van der Waals surface area (Å²) in [6, 6.07) is 3.80. The van der Waals surface area contributed by atoms with Crippen molar-refractivity contribution in [2.45, 2.75) is 30.9 Å². The van der Waals surface area contributed by atoms with Gasteiger partial charge in [-0.1, -0.05) is 6.07 Å². The van der Waals surface area contributed by atoms with Gasteiger partial charge in [-0.15, -0.1) is 0 Å². The lowest BCUT2D eigenvalue weighted by atomic mass is 10.2. The molecule has 1 saturated carbocycles. The zero-order chi connectivity index (χ0) is 11.6. The molecule has 0 saturated heterocycles. The topological polar surface area (TPSA) is 59.1 Å². The first-order valence-electron chi connectivity index (χ1n) is 5.42. The molecule has 4 nitrogen and oxygen atoms in total. The molecule has 0 radical (unpaired) electrons. The van der Waals surface area contributed by atoms with E-state index in [2.05, 4.69) is 9.71 Å². The number of pyridine rings is 1. The van der Waals surface area contributed by atoms with Crippen LogP contribution in [0.1, 0.15) is 25.3 Å². The van der Waals surface area contributed by atoms with Crippen molar-refractivity contribution >= 4 is 10.0 Å². The zero-order valence-electron chi connectivity index (χ0n) is 9.31. The molecule has 1 N–H and O–H groups in total. The summed E-state index contributed by atoms with van der Waals surface area (Å²) in [6.45, 7) is 2.24. The third-order valence-electron chi connectivity index (χ3n) is 3.03. The summed E-state index contributed by atoms with van der Waals surface area (Å²) in [5, 5.41) is 0. The monoisotopic (exact) mass is 240 g/mol. The predicted octanol–water partition coefficient (Wildman–Crippen LogP) is 1.10. The van der Waals surface area contributed by atoms with Gasteiger partial charge in [0.25, 0.3) is 0 Å². The molecule has 16 heavy (non-hydrogen) atoms. The minimum absolute atomic E-state index is 0.448. The summed E-state index contributed by atoms with van der Waals surface area (Å²) in [7, 11) is -3.13. The molecule has 1 aliphatic carbocycles. The number of hydrogen-bond donors (Lipinski definition) is 1. The molecule has 5 heteroatoms. The van der Waals surface area contributed by atoms with Crippen LogP contribution in [0.3, 0.4) is 0 Å². The minimum Gasteiger partial charge on any atom is -0.264 e. The summed E-state index contributed by atoms with van der Waals surface area (Å²) in [5.74, 6) is 0. The molecular weight excluding hydrogens is 224 g/mol. The van der Waals surface area contributed by atoms with E-state index in [1.165, 1.54) is 0 Å². The van der Waals surface area contributed by atoms with Gasteiger partial charge in [-0.05, 0) is 37.8 Å². The Morgan fingerprint density at radius 2 is 2.25 bits per heavy atom. The van der Waals surface area contributed by atoms with Crippen molar-refractivity contribution in [2.24, 2.45) is 0 Å². The van der Waals surface area contributed by atoms with E-state index >= 15 is 0 Å². The lowest BCUT2D eigenvalue weighted by molar-refractivity contribution is 0.567. The molecule has 1 aromatic heterocycles. The van der Waals surface area contributed by atoms with Crippen molar-refractivity contribution in [1.82, 2.24) is 9.71 Å². The number of nitrogens with zero attached hydrogens (tertiary/aromatic N) is 1. The second-order valence-electron chi connectivity index (χ2n) is 4.46. The third-order valence-corrected chi connectivity index (χ3v) is 5.32. The standard InChI is InChI=1S/C11H16N2O2S/c1-11(5-6-11)16(14,15)13-8-4-10-3-2-7-12-9-10/h2-3,7,9,13H,4-6,8H2,1H3. The van der Waals surface area contributed by atoms with Gasteiger partial charge < -0.3 is 0 Å². The summed E-state index contributed by atoms with van der Waals surface area (Å²) >= 11 is 0. The molecule has 0 bridgehead atoms. The molecule has 0 aromatic carbocycles. The molecule has 1 aromatic rings. The van der Waals surface area contributed by atoms with Crippen molar-refractivity contribution in [3.63, 3.8) is 0 Å². The van der Waals surface area contributed by atoms with Crippen LogP contribution in [-0.4, -0.2) is 24.7 Å². The van der Waals surface area contributed by atoms with Gasteiger partial charge in [0, 0.05) is 18.9 Å². The average molecular weight is 240 g/mol. The Hall–Kier alpha value is -0.940. The molecular formula is C11H16N2O2S. The van der Waals surface area contributed by atoms with E-state index in [0.29, 0.717) is 13.0 Å². The molecule has 0 atom stereocenters. The number of sulfonamides is 1. The Balaban J connectivity index is 1.85. The van der Waals surface area contributed by atoms with Gasteiger partial charge in [0.2, 0.25) is 10.0 Å². The lowest BCUT2D eigenvalue weighted by Gasteiger charge is -2.11. The Bertz CT molecular complexity index is 452. The number of rotatable bonds is 5. The Morgan fingerprint density at radius 3 is 2.81 bits per heavy atom. The van der Waals surface area contributed by atoms with Crippen LogP contribution < -0.4 is 4.72 Å². The van der Waals surface area contributed by atoms with Crippen molar-refractivity contribution in [3.8, 4) is 0 Å². The fourth-order valence-corrected chi connectivity index (χ4v) is 2.85. The smallest absolute Gasteiger partial charge is 0.217 e. The summed E-state index contributed by atoms with van der Waals surface area (Å²) in [5.41, 5.74) is 1.05. The van der Waals surface area contributed by atoms with E-state index in [1.807, 2.05) is 12.1 Å². The Kier molecular flexibility index (Phi) is 2.99. The van der Waals surface area contributed by atoms with Crippen LogP contribution in [0.25, 0.3) is 0 Å². The molecule has 1 aliphatic rings. The van der Waals surface area contributed by atoms with Crippen molar-refractivity contribution in [3.05, 3.63) is 30.1 Å². The number of hydrogen-bond acceptors (Lipinski definition) is 3. The summed E-state index contributed by atoms with van der Waals surface area (Å²) in [6.07, 6.45) is 5.69. The quantitative estimate of drug-likeness (QED) is 0.838. The highest BCUT2D eigenvalue weighted by atomic mass is 32.2. The van der Waals surface area contributed by atoms with Gasteiger partial charge in [0.1, 0.15) is 0 Å². The van der Waals surface area contributed by atoms with E-state index < -0.39 is 14.8 Å². The Morgan fingerprint density at radius 1 is 1.50 bits per heavy atom. The maximum absolute atomic E-state index is 11.8. The first kappa shape index (κ1) is 11.5. The van der Waals surface area contributed by atoms with E-state index in [1.54, 1.807) is 19.3 Å². The molecule has 0 spiro atoms. The van der Waals surface area contributed by atoms with Gasteiger partial charge in [0.05, 0.1) is 4.75 Å². The maximum Gasteiger partial charge on any atom is 0.217 e. The van der Waals surface area contributed by atoms with E-state index in [4.69, 9.17) is 0 Å². The van der Waals surface area contributed by atoms with Crippen LogP contribution in [-0.2, 0) is 16.4 Å². The molecule has 0 aliphatic heterocycles. The Labute approximate surface area is 96.1 Å². The van der Waals surface area contributed by atoms with Gasteiger partial charge >= 0.3 is 0 Å². The van der Waals surface area contributed by atoms with Gasteiger partial charge in [0.15, 0.2) is 0 Å². The molecule has 2 rings (SSSR count). The number of aromatic nitrogens is 1. The van der Waals surface area contributed by atoms with Crippen molar-refractivity contribution in [2.75, 3.05) is 6.54 Å². The molecule has 0 amide bonds. The van der Waals surface area contributed by atoms with Gasteiger partial charge in [-0.25, -0.2) is 13.1 Å². The van der Waals surface area contributed by atoms with E-state index in [0.717, 1.165) is 18.4 Å². The molecule has 88 valence electrons. The molecule has 1 heterocycles. The highest BCUT2D eigenvalue weighted by Crippen LogP contribution is 2.42. The average Bonchev–Trinajstić information content (AvgIpc) is 3.00. The van der Waals surface area contributed by atoms with Crippen LogP contribution in [0.2, 0.25) is 0 Å². The van der Waals surface area contributed by atoms with Crippen molar-refractivity contribution in [1.29, 1.82) is 0 Å². The van der Waals surface area contributed by atoms with Crippen LogP contribution in [0.5, 0.6) is 0 Å². The SMILES string of the molecule is CC1(S(=O)(=O)NCCc2cccnc2)CC1. The van der Waals surface area contributed by atoms with Crippen molar-refractivity contribution < 1.29 is 8.42 Å². The first-order valence-corrected chi connectivity index (χ1v) is 6.90. The second-order valence-corrected chi connectivity index (χ2v) is 6.74. The number of nitrogens with one attached hydrogen (secondary N) is 1. The second kappa shape index (κ2) is 4.14. The van der Waals surface area contributed by atoms with Gasteiger partial charge in [-0.2, -0.15) is 0 Å². The minimum atomic E-state index is -3.13. The van der Waals surface area contributed by atoms with E-state index in [-0.39, 0.29) is 0 Å². The fourth-order valence-electron chi connectivity index (χ4n) is 1.49. The van der Waals surface area contributed by atoms with Crippen LogP contribution in [0.4, 0.5) is 0 Å².